The normalized spacial score (nSPS) is 14.2. The number of ether oxygens (including phenoxy) is 3. The van der Waals surface area contributed by atoms with Crippen LogP contribution in [0, 0.1) is 0 Å². The molecular weight excluding hydrogens is 384 g/mol. The molecule has 2 aromatic carbocycles. The molecule has 0 bridgehead atoms. The number of likely N-dealkylation sites (tertiary alicyclic amines) is 1. The number of carbonyl (C=O) groups is 2. The van der Waals surface area contributed by atoms with E-state index in [4.69, 9.17) is 14.2 Å². The lowest BCUT2D eigenvalue weighted by molar-refractivity contribution is -0.119. The molecule has 0 atom stereocenters. The lowest BCUT2D eigenvalue weighted by atomic mass is 10.0. The van der Waals surface area contributed by atoms with Gasteiger partial charge in [-0.05, 0) is 30.5 Å². The van der Waals surface area contributed by atoms with Crippen molar-refractivity contribution in [3.05, 3.63) is 53.6 Å². The van der Waals surface area contributed by atoms with Crippen molar-refractivity contribution in [1.82, 2.24) is 10.2 Å². The standard InChI is InChI=1S/C23H28N2O5/c1-16(26)24-19-9-11-25(12-10-19)23(27)18-13-20(28-2)22(21(14-18)29-3)30-15-17-7-5-4-6-8-17/h4-8,13-14,19H,9-12,15H2,1-3H3,(H,24,26). The molecule has 1 aliphatic rings. The summed E-state index contributed by atoms with van der Waals surface area (Å²) in [5.74, 6) is 1.22. The van der Waals surface area contributed by atoms with Crippen LogP contribution in [0.4, 0.5) is 0 Å². The van der Waals surface area contributed by atoms with E-state index in [0.29, 0.717) is 42.5 Å². The summed E-state index contributed by atoms with van der Waals surface area (Å²) < 4.78 is 16.9. The van der Waals surface area contributed by atoms with Crippen molar-refractivity contribution in [1.29, 1.82) is 0 Å². The summed E-state index contributed by atoms with van der Waals surface area (Å²) in [5, 5.41) is 2.92. The number of carbonyl (C=O) groups excluding carboxylic acids is 2. The lowest BCUT2D eigenvalue weighted by Gasteiger charge is -2.32. The topological polar surface area (TPSA) is 77.1 Å². The third-order valence-corrected chi connectivity index (χ3v) is 5.12. The maximum atomic E-state index is 13.0. The van der Waals surface area contributed by atoms with E-state index in [-0.39, 0.29) is 17.9 Å². The van der Waals surface area contributed by atoms with Gasteiger partial charge in [0.25, 0.3) is 5.91 Å². The largest absolute Gasteiger partial charge is 0.493 e. The number of rotatable bonds is 7. The van der Waals surface area contributed by atoms with Crippen LogP contribution in [0.15, 0.2) is 42.5 Å². The highest BCUT2D eigenvalue weighted by Gasteiger charge is 2.26. The molecule has 0 radical (unpaired) electrons. The Hall–Kier alpha value is -3.22. The molecule has 160 valence electrons. The van der Waals surface area contributed by atoms with Gasteiger partial charge in [-0.1, -0.05) is 30.3 Å². The molecule has 0 spiro atoms. The quantitative estimate of drug-likeness (QED) is 0.757. The van der Waals surface area contributed by atoms with E-state index in [9.17, 15) is 9.59 Å². The molecule has 1 heterocycles. The van der Waals surface area contributed by atoms with Crippen molar-refractivity contribution in [3.63, 3.8) is 0 Å². The van der Waals surface area contributed by atoms with E-state index in [1.54, 1.807) is 17.0 Å². The Morgan fingerprint density at radius 1 is 1.03 bits per heavy atom. The van der Waals surface area contributed by atoms with Crippen LogP contribution in [0.3, 0.4) is 0 Å². The Labute approximate surface area is 176 Å². The van der Waals surface area contributed by atoms with E-state index in [0.717, 1.165) is 18.4 Å². The predicted octanol–water partition coefficient (Wildman–Crippen LogP) is 3.02. The summed E-state index contributed by atoms with van der Waals surface area (Å²) in [4.78, 5) is 26.1. The van der Waals surface area contributed by atoms with Gasteiger partial charge in [0.15, 0.2) is 11.5 Å². The first-order valence-corrected chi connectivity index (χ1v) is 10.0. The molecule has 2 aromatic rings. The molecule has 3 rings (SSSR count). The summed E-state index contributed by atoms with van der Waals surface area (Å²) in [7, 11) is 3.08. The zero-order valence-corrected chi connectivity index (χ0v) is 17.6. The summed E-state index contributed by atoms with van der Waals surface area (Å²) in [6.45, 7) is 3.04. The van der Waals surface area contributed by atoms with E-state index >= 15 is 0 Å². The van der Waals surface area contributed by atoms with Gasteiger partial charge in [0.05, 0.1) is 14.2 Å². The second kappa shape index (κ2) is 10.0. The number of methoxy groups -OCH3 is 2. The number of benzene rings is 2. The highest BCUT2D eigenvalue weighted by molar-refractivity contribution is 5.95. The number of nitrogens with one attached hydrogen (secondary N) is 1. The molecular formula is C23H28N2O5. The molecule has 0 aliphatic carbocycles. The molecule has 1 N–H and O–H groups in total. The van der Waals surface area contributed by atoms with Crippen LogP contribution in [0.2, 0.25) is 0 Å². The average molecular weight is 412 g/mol. The van der Waals surface area contributed by atoms with Gasteiger partial charge in [-0.25, -0.2) is 0 Å². The minimum Gasteiger partial charge on any atom is -0.493 e. The van der Waals surface area contributed by atoms with Gasteiger partial charge in [0.1, 0.15) is 6.61 Å². The fourth-order valence-electron chi connectivity index (χ4n) is 3.57. The van der Waals surface area contributed by atoms with Crippen LogP contribution in [-0.2, 0) is 11.4 Å². The van der Waals surface area contributed by atoms with E-state index in [1.165, 1.54) is 21.1 Å². The highest BCUT2D eigenvalue weighted by atomic mass is 16.5. The number of nitrogens with zero attached hydrogens (tertiary/aromatic N) is 1. The van der Waals surface area contributed by atoms with Gasteiger partial charge in [-0.3, -0.25) is 9.59 Å². The molecule has 1 aliphatic heterocycles. The second-order valence-electron chi connectivity index (χ2n) is 7.25. The Bertz CT molecular complexity index is 851. The Kier molecular flexibility index (Phi) is 7.17. The SMILES string of the molecule is COc1cc(C(=O)N2CCC(NC(C)=O)CC2)cc(OC)c1OCc1ccccc1. The van der Waals surface area contributed by atoms with Crippen LogP contribution in [-0.4, -0.2) is 50.1 Å². The van der Waals surface area contributed by atoms with Gasteiger partial charge in [0, 0.05) is 31.6 Å². The Morgan fingerprint density at radius 2 is 1.63 bits per heavy atom. The van der Waals surface area contributed by atoms with Crippen molar-refractivity contribution in [2.24, 2.45) is 0 Å². The fourth-order valence-corrected chi connectivity index (χ4v) is 3.57. The third kappa shape index (κ3) is 5.23. The van der Waals surface area contributed by atoms with E-state index in [1.807, 2.05) is 30.3 Å². The molecule has 1 fully saturated rings. The van der Waals surface area contributed by atoms with Crippen molar-refractivity contribution in [3.8, 4) is 17.2 Å². The first-order valence-electron chi connectivity index (χ1n) is 10.0. The Balaban J connectivity index is 1.74. The van der Waals surface area contributed by atoms with Gasteiger partial charge in [0.2, 0.25) is 11.7 Å². The van der Waals surface area contributed by atoms with Crippen LogP contribution in [0.5, 0.6) is 17.2 Å². The third-order valence-electron chi connectivity index (χ3n) is 5.12. The summed E-state index contributed by atoms with van der Waals surface area (Å²) in [6.07, 6.45) is 1.47. The van der Waals surface area contributed by atoms with Crippen molar-refractivity contribution in [2.45, 2.75) is 32.4 Å². The van der Waals surface area contributed by atoms with E-state index < -0.39 is 0 Å². The first kappa shape index (κ1) is 21.5. The summed E-state index contributed by atoms with van der Waals surface area (Å²) in [6, 6.07) is 13.3. The van der Waals surface area contributed by atoms with Crippen molar-refractivity contribution < 1.29 is 23.8 Å². The van der Waals surface area contributed by atoms with Crippen molar-refractivity contribution in [2.75, 3.05) is 27.3 Å². The molecule has 0 aromatic heterocycles. The number of amides is 2. The van der Waals surface area contributed by atoms with Crippen LogP contribution < -0.4 is 19.5 Å². The van der Waals surface area contributed by atoms with Crippen LogP contribution >= 0.6 is 0 Å². The van der Waals surface area contributed by atoms with E-state index in [2.05, 4.69) is 5.32 Å². The summed E-state index contributed by atoms with van der Waals surface area (Å²) in [5.41, 5.74) is 1.50. The molecule has 1 saturated heterocycles. The fraction of sp³-hybridized carbons (Fsp3) is 0.391. The van der Waals surface area contributed by atoms with Crippen molar-refractivity contribution >= 4 is 11.8 Å². The molecule has 30 heavy (non-hydrogen) atoms. The molecule has 2 amide bonds. The highest BCUT2D eigenvalue weighted by Crippen LogP contribution is 2.39. The maximum Gasteiger partial charge on any atom is 0.254 e. The first-order chi connectivity index (χ1) is 14.5. The minimum absolute atomic E-state index is 0.0414. The minimum atomic E-state index is -0.0949. The molecule has 7 nitrogen and oxygen atoms in total. The molecule has 0 saturated carbocycles. The zero-order valence-electron chi connectivity index (χ0n) is 17.6. The van der Waals surface area contributed by atoms with Gasteiger partial charge < -0.3 is 24.4 Å². The van der Waals surface area contributed by atoms with Gasteiger partial charge >= 0.3 is 0 Å². The lowest BCUT2D eigenvalue weighted by Crippen LogP contribution is -2.46. The summed E-state index contributed by atoms with van der Waals surface area (Å²) >= 11 is 0. The smallest absolute Gasteiger partial charge is 0.254 e. The monoisotopic (exact) mass is 412 g/mol. The number of hydrogen-bond donors (Lipinski definition) is 1. The number of hydrogen-bond acceptors (Lipinski definition) is 5. The van der Waals surface area contributed by atoms with Crippen LogP contribution in [0.1, 0.15) is 35.7 Å². The average Bonchev–Trinajstić information content (AvgIpc) is 2.77. The van der Waals surface area contributed by atoms with Gasteiger partial charge in [-0.15, -0.1) is 0 Å². The zero-order chi connectivity index (χ0) is 21.5. The maximum absolute atomic E-state index is 13.0. The second-order valence-corrected chi connectivity index (χ2v) is 7.25. The number of piperidine rings is 1. The predicted molar refractivity (Wildman–Crippen MR) is 113 cm³/mol. The molecule has 7 heteroatoms. The van der Waals surface area contributed by atoms with Gasteiger partial charge in [-0.2, -0.15) is 0 Å². The molecule has 0 unspecified atom stereocenters. The van der Waals surface area contributed by atoms with Crippen LogP contribution in [0.25, 0.3) is 0 Å². The Morgan fingerprint density at radius 3 is 2.17 bits per heavy atom.